The molecule has 0 aromatic rings. The van der Waals surface area contributed by atoms with Crippen LogP contribution in [0.25, 0.3) is 0 Å². The SMILES string of the molecule is C[C@@H]1CCC(=O)O[C@@H]2C[C@@H]3C[C@H](O)CC[C@]3(C)[C@H]3C[C@H](O)[C@]4(C)[C@H](CC[C@H]4[C@H]23)[C@H](C)CCC(=O)O[C@@H]2C[C@@H]3C[C@H](O)CC[C@]3(C)[C@H]3C[C@H](O)[C@]4(C)[C@@H]1CC[C@H]4[C@H]23. The topological polar surface area (TPSA) is 134 Å². The summed E-state index contributed by atoms with van der Waals surface area (Å²) in [5.41, 5.74) is -0.638. The first-order valence-electron chi connectivity index (χ1n) is 23.6. The molecule has 0 radical (unpaired) electrons. The Bertz CT molecular complexity index is 1410. The fourth-order valence-electron chi connectivity index (χ4n) is 18.0. The van der Waals surface area contributed by atoms with Crippen LogP contribution in [0.1, 0.15) is 157 Å². The maximum absolute atomic E-state index is 14.2. The van der Waals surface area contributed by atoms with Gasteiger partial charge in [0.2, 0.25) is 0 Å². The minimum atomic E-state index is -0.459. The van der Waals surface area contributed by atoms with Gasteiger partial charge in [-0.3, -0.25) is 9.59 Å². The standard InChI is InChI=1S/C48H76O8/c1-25-7-13-41(53)55-38-22-28-20-30(50)16-18-46(28,4)36-24-40(52)48(6)32(10-12-34(48)44(36)38)26(2)8-14-42(54)56-37-21-27-19-29(49)15-17-45(27,3)35-23-39(51)47(5)31(25)9-11-33(47)43(35)37/h25-40,43-44,49-52H,7-24H2,1-6H3/t25-,26-,27+,28+,29-,30-,31-,32-,33+,34+,35+,36+,37-,38-,39+,40+,43+,44+,45+,46+,47-,48-/m1/s1. The van der Waals surface area contributed by atoms with Gasteiger partial charge in [0.15, 0.2) is 0 Å². The van der Waals surface area contributed by atoms with Gasteiger partial charge in [-0.15, -0.1) is 0 Å². The highest BCUT2D eigenvalue weighted by Gasteiger charge is 2.68. The molecule has 0 amide bonds. The lowest BCUT2D eigenvalue weighted by molar-refractivity contribution is -0.219. The first-order valence-corrected chi connectivity index (χ1v) is 23.6. The predicted molar refractivity (Wildman–Crippen MR) is 213 cm³/mol. The third kappa shape index (κ3) is 5.91. The predicted octanol–water partition coefficient (Wildman–Crippen LogP) is 7.86. The van der Waals surface area contributed by atoms with Crippen molar-refractivity contribution < 1.29 is 39.5 Å². The van der Waals surface area contributed by atoms with Crippen LogP contribution in [0.5, 0.6) is 0 Å². The summed E-state index contributed by atoms with van der Waals surface area (Å²) >= 11 is 0. The van der Waals surface area contributed by atoms with Gasteiger partial charge < -0.3 is 29.9 Å². The zero-order valence-electron chi connectivity index (χ0n) is 35.5. The van der Waals surface area contributed by atoms with E-state index in [4.69, 9.17) is 9.47 Å². The van der Waals surface area contributed by atoms with Gasteiger partial charge in [-0.2, -0.15) is 0 Å². The number of aliphatic hydroxyl groups excluding tert-OH is 4. The summed E-state index contributed by atoms with van der Waals surface area (Å²) in [4.78, 5) is 28.3. The molecule has 8 bridgehead atoms. The molecule has 316 valence electrons. The van der Waals surface area contributed by atoms with E-state index in [1.807, 2.05) is 0 Å². The monoisotopic (exact) mass is 781 g/mol. The first kappa shape index (κ1) is 40.2. The van der Waals surface area contributed by atoms with E-state index < -0.39 is 12.2 Å². The molecule has 1 heterocycles. The van der Waals surface area contributed by atoms with E-state index in [9.17, 15) is 30.0 Å². The summed E-state index contributed by atoms with van der Waals surface area (Å²) in [7, 11) is 0. The Labute approximate surface area is 337 Å². The molecule has 8 aliphatic carbocycles. The molecule has 4 N–H and O–H groups in total. The van der Waals surface area contributed by atoms with Gasteiger partial charge in [0.1, 0.15) is 12.2 Å². The van der Waals surface area contributed by atoms with E-state index in [0.717, 1.165) is 89.9 Å². The van der Waals surface area contributed by atoms with Crippen LogP contribution in [0.2, 0.25) is 0 Å². The molecule has 1 aliphatic heterocycles. The van der Waals surface area contributed by atoms with Crippen LogP contribution < -0.4 is 0 Å². The average Bonchev–Trinajstić information content (AvgIpc) is 3.70. The van der Waals surface area contributed by atoms with Crippen LogP contribution >= 0.6 is 0 Å². The molecule has 0 aromatic heterocycles. The normalized spacial score (nSPS) is 58.6. The van der Waals surface area contributed by atoms with Gasteiger partial charge in [0.05, 0.1) is 24.4 Å². The Morgan fingerprint density at radius 2 is 0.857 bits per heavy atom. The first-order chi connectivity index (χ1) is 26.5. The Balaban J connectivity index is 1.05. The molecule has 8 heteroatoms. The van der Waals surface area contributed by atoms with Crippen LogP contribution in [0, 0.1) is 92.7 Å². The molecule has 22 atom stereocenters. The fourth-order valence-corrected chi connectivity index (χ4v) is 18.0. The van der Waals surface area contributed by atoms with Crippen molar-refractivity contribution in [2.24, 2.45) is 92.7 Å². The summed E-state index contributed by atoms with van der Waals surface area (Å²) in [6, 6.07) is 0. The number of aliphatic hydroxyl groups is 4. The number of hydrogen-bond acceptors (Lipinski definition) is 8. The lowest BCUT2D eigenvalue weighted by atomic mass is 9.43. The zero-order valence-corrected chi connectivity index (χ0v) is 35.5. The Hall–Kier alpha value is -1.22. The lowest BCUT2D eigenvalue weighted by Crippen LogP contribution is -2.63. The van der Waals surface area contributed by atoms with Gasteiger partial charge in [-0.05, 0) is 184 Å². The van der Waals surface area contributed by atoms with Crippen LogP contribution in [0.15, 0.2) is 0 Å². The molecular weight excluding hydrogens is 705 g/mol. The Kier molecular flexibility index (Phi) is 10.2. The van der Waals surface area contributed by atoms with E-state index in [1.54, 1.807) is 0 Å². The summed E-state index contributed by atoms with van der Waals surface area (Å²) < 4.78 is 13.5. The lowest BCUT2D eigenvalue weighted by Gasteiger charge is -2.64. The maximum Gasteiger partial charge on any atom is 0.306 e. The quantitative estimate of drug-likeness (QED) is 0.183. The number of carbonyl (C=O) groups excluding carboxylic acids is 2. The van der Waals surface area contributed by atoms with Crippen LogP contribution in [-0.4, -0.2) is 69.0 Å². The van der Waals surface area contributed by atoms with Crippen molar-refractivity contribution in [3.63, 3.8) is 0 Å². The molecule has 0 aromatic carbocycles. The molecule has 9 rings (SSSR count). The number of hydrogen-bond donors (Lipinski definition) is 4. The number of rotatable bonds is 0. The molecular formula is C48H76O8. The van der Waals surface area contributed by atoms with Crippen molar-refractivity contribution in [1.29, 1.82) is 0 Å². The summed E-state index contributed by atoms with van der Waals surface area (Å²) in [5, 5.41) is 46.3. The third-order valence-electron chi connectivity index (χ3n) is 21.2. The highest BCUT2D eigenvalue weighted by molar-refractivity contribution is 5.70. The number of carbonyl (C=O) groups is 2. The summed E-state index contributed by atoms with van der Waals surface area (Å²) in [5.74, 6) is 2.61. The van der Waals surface area contributed by atoms with E-state index in [2.05, 4.69) is 41.5 Å². The van der Waals surface area contributed by atoms with Crippen LogP contribution in [0.3, 0.4) is 0 Å². The minimum absolute atomic E-state index is 0.00325. The molecule has 8 nitrogen and oxygen atoms in total. The fraction of sp³-hybridized carbons (Fsp3) is 0.958. The van der Waals surface area contributed by atoms with E-state index >= 15 is 0 Å². The molecule has 9 fully saturated rings. The number of esters is 2. The van der Waals surface area contributed by atoms with Gasteiger partial charge in [0, 0.05) is 24.7 Å². The largest absolute Gasteiger partial charge is 0.462 e. The van der Waals surface area contributed by atoms with E-state index in [-0.39, 0.29) is 129 Å². The molecule has 9 aliphatic rings. The van der Waals surface area contributed by atoms with Crippen molar-refractivity contribution in [3.05, 3.63) is 0 Å². The average molecular weight is 781 g/mol. The molecule has 0 spiro atoms. The molecule has 0 unspecified atom stereocenters. The van der Waals surface area contributed by atoms with Gasteiger partial charge in [-0.1, -0.05) is 41.5 Å². The van der Waals surface area contributed by atoms with Crippen LogP contribution in [-0.2, 0) is 19.1 Å². The minimum Gasteiger partial charge on any atom is -0.462 e. The maximum atomic E-state index is 14.2. The van der Waals surface area contributed by atoms with Crippen molar-refractivity contribution in [1.82, 2.24) is 0 Å². The van der Waals surface area contributed by atoms with Crippen molar-refractivity contribution in [2.75, 3.05) is 0 Å². The van der Waals surface area contributed by atoms with E-state index in [0.29, 0.717) is 25.7 Å². The third-order valence-corrected chi connectivity index (χ3v) is 21.2. The van der Waals surface area contributed by atoms with Gasteiger partial charge in [-0.25, -0.2) is 0 Å². The zero-order chi connectivity index (χ0) is 39.7. The second-order valence-corrected chi connectivity index (χ2v) is 23.0. The second-order valence-electron chi connectivity index (χ2n) is 23.0. The van der Waals surface area contributed by atoms with Gasteiger partial charge in [0.25, 0.3) is 0 Å². The highest BCUT2D eigenvalue weighted by Crippen LogP contribution is 2.71. The molecule has 56 heavy (non-hydrogen) atoms. The number of fused-ring (bicyclic) bond motifs is 4. The smallest absolute Gasteiger partial charge is 0.306 e. The summed E-state index contributed by atoms with van der Waals surface area (Å²) in [6.45, 7) is 14.0. The molecule has 1 saturated heterocycles. The highest BCUT2D eigenvalue weighted by atomic mass is 16.5. The molecule has 8 saturated carbocycles. The van der Waals surface area contributed by atoms with Gasteiger partial charge >= 0.3 is 11.9 Å². The van der Waals surface area contributed by atoms with Crippen molar-refractivity contribution in [3.8, 4) is 0 Å². The van der Waals surface area contributed by atoms with E-state index in [1.165, 1.54) is 0 Å². The second kappa shape index (κ2) is 14.2. The van der Waals surface area contributed by atoms with Crippen molar-refractivity contribution >= 4 is 11.9 Å². The Morgan fingerprint density at radius 3 is 1.25 bits per heavy atom. The number of ether oxygens (including phenoxy) is 2. The van der Waals surface area contributed by atoms with Crippen LogP contribution in [0.4, 0.5) is 0 Å². The summed E-state index contributed by atoms with van der Waals surface area (Å²) in [6.07, 6.45) is 12.2. The van der Waals surface area contributed by atoms with Crippen molar-refractivity contribution in [2.45, 2.75) is 194 Å². The Morgan fingerprint density at radius 1 is 0.482 bits per heavy atom.